The number of aromatic nitrogens is 2. The molecule has 0 aliphatic carbocycles. The van der Waals surface area contributed by atoms with Gasteiger partial charge in [0.2, 0.25) is 0 Å². The molecule has 0 saturated carbocycles. The van der Waals surface area contributed by atoms with Gasteiger partial charge in [0.15, 0.2) is 0 Å². The molecular formula is C22H23Cl2N3O. The van der Waals surface area contributed by atoms with Crippen LogP contribution in [0.25, 0.3) is 0 Å². The van der Waals surface area contributed by atoms with Crippen molar-refractivity contribution in [1.29, 1.82) is 0 Å². The summed E-state index contributed by atoms with van der Waals surface area (Å²) >= 11 is 12.7. The molecule has 1 N–H and O–H groups in total. The van der Waals surface area contributed by atoms with E-state index in [0.717, 1.165) is 12.0 Å². The molecule has 4 nitrogen and oxygen atoms in total. The summed E-state index contributed by atoms with van der Waals surface area (Å²) in [6, 6.07) is 17.7. The number of nitrogens with one attached hydrogen (secondary N) is 1. The summed E-state index contributed by atoms with van der Waals surface area (Å²) in [7, 11) is 0. The van der Waals surface area contributed by atoms with Crippen LogP contribution >= 0.6 is 23.2 Å². The van der Waals surface area contributed by atoms with Crippen LogP contribution in [0.2, 0.25) is 10.2 Å². The van der Waals surface area contributed by atoms with Gasteiger partial charge in [0.25, 0.3) is 5.91 Å². The number of aryl methyl sites for hydroxylation is 1. The predicted molar refractivity (Wildman–Crippen MR) is 114 cm³/mol. The first-order chi connectivity index (χ1) is 13.5. The van der Waals surface area contributed by atoms with Crippen LogP contribution in [0.3, 0.4) is 0 Å². The van der Waals surface area contributed by atoms with Gasteiger partial charge in [-0.3, -0.25) is 4.79 Å². The molecular weight excluding hydrogens is 393 g/mol. The highest BCUT2D eigenvalue weighted by atomic mass is 35.5. The number of hydrogen-bond donors (Lipinski definition) is 1. The van der Waals surface area contributed by atoms with Crippen molar-refractivity contribution in [3.63, 3.8) is 0 Å². The summed E-state index contributed by atoms with van der Waals surface area (Å²) in [5.74, 6) is 0.0460. The molecule has 1 heterocycles. The van der Waals surface area contributed by atoms with Gasteiger partial charge in [0.05, 0.1) is 17.8 Å². The summed E-state index contributed by atoms with van der Waals surface area (Å²) < 4.78 is 1.61. The second kappa shape index (κ2) is 9.26. The Bertz CT molecular complexity index is 954. The van der Waals surface area contributed by atoms with E-state index in [0.29, 0.717) is 34.5 Å². The van der Waals surface area contributed by atoms with E-state index in [1.807, 2.05) is 42.5 Å². The number of carbonyl (C=O) groups is 1. The highest BCUT2D eigenvalue weighted by molar-refractivity contribution is 6.33. The molecule has 28 heavy (non-hydrogen) atoms. The molecule has 1 aromatic heterocycles. The quantitative estimate of drug-likeness (QED) is 0.555. The maximum atomic E-state index is 12.8. The fourth-order valence-corrected chi connectivity index (χ4v) is 3.75. The molecule has 0 fully saturated rings. The molecule has 146 valence electrons. The fraction of sp³-hybridized carbons (Fsp3) is 0.273. The summed E-state index contributed by atoms with van der Waals surface area (Å²) in [6.07, 6.45) is 0.933. The van der Waals surface area contributed by atoms with Gasteiger partial charge in [-0.15, -0.1) is 0 Å². The Morgan fingerprint density at radius 2 is 1.79 bits per heavy atom. The van der Waals surface area contributed by atoms with E-state index in [1.54, 1.807) is 11.6 Å². The van der Waals surface area contributed by atoms with Crippen molar-refractivity contribution in [3.05, 3.63) is 87.2 Å². The van der Waals surface area contributed by atoms with E-state index in [1.165, 1.54) is 5.56 Å². The Kier molecular flexibility index (Phi) is 6.76. The topological polar surface area (TPSA) is 46.9 Å². The minimum absolute atomic E-state index is 0.206. The average Bonchev–Trinajstić information content (AvgIpc) is 2.98. The number of carbonyl (C=O) groups excluding carboxylic acids is 1. The molecule has 3 rings (SSSR count). The van der Waals surface area contributed by atoms with Gasteiger partial charge < -0.3 is 5.32 Å². The summed E-state index contributed by atoms with van der Waals surface area (Å²) in [5.41, 5.74) is 3.12. The minimum Gasteiger partial charge on any atom is -0.351 e. The van der Waals surface area contributed by atoms with Crippen LogP contribution in [0.1, 0.15) is 46.4 Å². The van der Waals surface area contributed by atoms with Crippen LogP contribution in [0, 0.1) is 6.92 Å². The van der Waals surface area contributed by atoms with Gasteiger partial charge >= 0.3 is 0 Å². The van der Waals surface area contributed by atoms with Crippen LogP contribution in [-0.2, 0) is 6.54 Å². The second-order valence-corrected chi connectivity index (χ2v) is 7.49. The summed E-state index contributed by atoms with van der Waals surface area (Å²) in [4.78, 5) is 12.8. The van der Waals surface area contributed by atoms with Crippen molar-refractivity contribution < 1.29 is 4.79 Å². The normalized spacial score (nSPS) is 12.0. The zero-order chi connectivity index (χ0) is 20.1. The van der Waals surface area contributed by atoms with Gasteiger partial charge in [0.1, 0.15) is 5.15 Å². The number of amides is 1. The second-order valence-electron chi connectivity index (χ2n) is 6.73. The van der Waals surface area contributed by atoms with Crippen molar-refractivity contribution in [3.8, 4) is 0 Å². The largest absolute Gasteiger partial charge is 0.351 e. The Morgan fingerprint density at radius 1 is 1.11 bits per heavy atom. The van der Waals surface area contributed by atoms with Crippen molar-refractivity contribution in [1.82, 2.24) is 15.1 Å². The molecule has 0 radical (unpaired) electrons. The molecule has 0 spiro atoms. The zero-order valence-electron chi connectivity index (χ0n) is 16.0. The lowest BCUT2D eigenvalue weighted by Crippen LogP contribution is -2.28. The first-order valence-corrected chi connectivity index (χ1v) is 10.1. The standard InChI is InChI=1S/C22H23Cl2N3O/c1-3-16(17-9-5-4-6-10-17)13-25-22(28)20-15(2)26-27(21(20)24)14-18-11-7-8-12-19(18)23/h4-12,16H,3,13-14H2,1-2H3,(H,25,28). The lowest BCUT2D eigenvalue weighted by atomic mass is 9.96. The first-order valence-electron chi connectivity index (χ1n) is 9.30. The molecule has 0 bridgehead atoms. The fourth-order valence-electron chi connectivity index (χ4n) is 3.23. The lowest BCUT2D eigenvalue weighted by Gasteiger charge is -2.16. The number of hydrogen-bond acceptors (Lipinski definition) is 2. The average molecular weight is 416 g/mol. The monoisotopic (exact) mass is 415 g/mol. The van der Waals surface area contributed by atoms with E-state index in [-0.39, 0.29) is 11.8 Å². The maximum Gasteiger partial charge on any atom is 0.256 e. The van der Waals surface area contributed by atoms with Gasteiger partial charge in [-0.05, 0) is 30.5 Å². The van der Waals surface area contributed by atoms with Crippen molar-refractivity contribution in [2.24, 2.45) is 0 Å². The third-order valence-corrected chi connectivity index (χ3v) is 5.60. The Labute approximate surface area is 175 Å². The molecule has 1 unspecified atom stereocenters. The van der Waals surface area contributed by atoms with E-state index >= 15 is 0 Å². The summed E-state index contributed by atoms with van der Waals surface area (Å²) in [5, 5.41) is 8.42. The molecule has 0 saturated heterocycles. The van der Waals surface area contributed by atoms with E-state index < -0.39 is 0 Å². The van der Waals surface area contributed by atoms with Crippen LogP contribution in [0.5, 0.6) is 0 Å². The molecule has 1 atom stereocenters. The summed E-state index contributed by atoms with van der Waals surface area (Å²) in [6.45, 7) is 4.86. The number of halogens is 2. The SMILES string of the molecule is CCC(CNC(=O)c1c(C)nn(Cc2ccccc2Cl)c1Cl)c1ccccc1. The van der Waals surface area contributed by atoms with Crippen molar-refractivity contribution in [2.75, 3.05) is 6.54 Å². The Morgan fingerprint density at radius 3 is 2.46 bits per heavy atom. The third-order valence-electron chi connectivity index (χ3n) is 4.84. The molecule has 1 amide bonds. The van der Waals surface area contributed by atoms with E-state index in [2.05, 4.69) is 29.5 Å². The van der Waals surface area contributed by atoms with Crippen molar-refractivity contribution >= 4 is 29.1 Å². The highest BCUT2D eigenvalue weighted by Gasteiger charge is 2.21. The van der Waals surface area contributed by atoms with Crippen molar-refractivity contribution in [2.45, 2.75) is 32.7 Å². The lowest BCUT2D eigenvalue weighted by molar-refractivity contribution is 0.0950. The number of benzene rings is 2. The van der Waals surface area contributed by atoms with Gasteiger partial charge in [-0.25, -0.2) is 4.68 Å². The molecule has 0 aliphatic heterocycles. The third kappa shape index (κ3) is 4.57. The highest BCUT2D eigenvalue weighted by Crippen LogP contribution is 2.24. The Balaban J connectivity index is 1.73. The maximum absolute atomic E-state index is 12.8. The van der Waals surface area contributed by atoms with Crippen LogP contribution in [0.4, 0.5) is 0 Å². The molecule has 0 aliphatic rings. The molecule has 3 aromatic rings. The van der Waals surface area contributed by atoms with Crippen LogP contribution in [0.15, 0.2) is 54.6 Å². The van der Waals surface area contributed by atoms with Gasteiger partial charge in [-0.2, -0.15) is 5.10 Å². The first kappa shape index (κ1) is 20.4. The number of rotatable bonds is 7. The zero-order valence-corrected chi connectivity index (χ0v) is 17.5. The van der Waals surface area contributed by atoms with Gasteiger partial charge in [0, 0.05) is 17.5 Å². The number of nitrogens with zero attached hydrogens (tertiary/aromatic N) is 2. The van der Waals surface area contributed by atoms with E-state index in [4.69, 9.17) is 23.2 Å². The van der Waals surface area contributed by atoms with Gasteiger partial charge in [-0.1, -0.05) is 78.7 Å². The molecule has 6 heteroatoms. The predicted octanol–water partition coefficient (Wildman–Crippen LogP) is 5.47. The van der Waals surface area contributed by atoms with Crippen LogP contribution < -0.4 is 5.32 Å². The van der Waals surface area contributed by atoms with E-state index in [9.17, 15) is 4.79 Å². The molecule has 2 aromatic carbocycles. The van der Waals surface area contributed by atoms with Crippen LogP contribution in [-0.4, -0.2) is 22.2 Å². The minimum atomic E-state index is -0.206. The smallest absolute Gasteiger partial charge is 0.256 e. The Hall–Kier alpha value is -2.30.